The van der Waals surface area contributed by atoms with Crippen LogP contribution in [0.15, 0.2) is 36.5 Å². The number of para-hydroxylation sites is 1. The highest BCUT2D eigenvalue weighted by atomic mass is 16.5. The summed E-state index contributed by atoms with van der Waals surface area (Å²) in [6.07, 6.45) is 3.15. The maximum absolute atomic E-state index is 12.5. The summed E-state index contributed by atoms with van der Waals surface area (Å²) in [5, 5.41) is 3.32. The van der Waals surface area contributed by atoms with E-state index in [1.54, 1.807) is 11.7 Å². The lowest BCUT2D eigenvalue weighted by Gasteiger charge is -2.16. The molecule has 4 nitrogen and oxygen atoms in total. The standard InChI is InChI=1S/C16H18N2O2/c1-20-15-5-3-2-4-12(15)10-16(19)18-9-7-13-11-17-8-6-14(13)18/h2-5,7,9,17H,6,8,10-11H2,1H3. The molecule has 0 radical (unpaired) electrons. The van der Waals surface area contributed by atoms with Crippen molar-refractivity contribution in [2.24, 2.45) is 0 Å². The number of benzene rings is 1. The Kier molecular flexibility index (Phi) is 3.56. The van der Waals surface area contributed by atoms with E-state index in [9.17, 15) is 4.79 Å². The molecule has 0 amide bonds. The van der Waals surface area contributed by atoms with Crippen LogP contribution in [0.5, 0.6) is 5.75 Å². The van der Waals surface area contributed by atoms with E-state index in [0.29, 0.717) is 6.42 Å². The Labute approximate surface area is 118 Å². The zero-order valence-electron chi connectivity index (χ0n) is 11.6. The number of methoxy groups -OCH3 is 1. The summed E-state index contributed by atoms with van der Waals surface area (Å²) >= 11 is 0. The molecule has 0 atom stereocenters. The second kappa shape index (κ2) is 5.51. The molecular formula is C16H18N2O2. The van der Waals surface area contributed by atoms with Gasteiger partial charge < -0.3 is 10.1 Å². The number of nitrogens with zero attached hydrogens (tertiary/aromatic N) is 1. The van der Waals surface area contributed by atoms with Gasteiger partial charge in [-0.1, -0.05) is 18.2 Å². The van der Waals surface area contributed by atoms with Gasteiger partial charge >= 0.3 is 0 Å². The fourth-order valence-electron chi connectivity index (χ4n) is 2.71. The first kappa shape index (κ1) is 12.9. The van der Waals surface area contributed by atoms with E-state index in [1.165, 1.54) is 5.56 Å². The molecule has 1 aromatic carbocycles. The van der Waals surface area contributed by atoms with Crippen molar-refractivity contribution < 1.29 is 9.53 Å². The summed E-state index contributed by atoms with van der Waals surface area (Å²) in [7, 11) is 1.63. The molecule has 0 aliphatic carbocycles. The van der Waals surface area contributed by atoms with E-state index in [2.05, 4.69) is 5.32 Å². The molecule has 1 aromatic heterocycles. The first-order chi connectivity index (χ1) is 9.79. The Balaban J connectivity index is 1.85. The van der Waals surface area contributed by atoms with Gasteiger partial charge in [0.1, 0.15) is 5.75 Å². The zero-order chi connectivity index (χ0) is 13.9. The van der Waals surface area contributed by atoms with Gasteiger partial charge in [0.2, 0.25) is 5.91 Å². The summed E-state index contributed by atoms with van der Waals surface area (Å²) < 4.78 is 7.10. The molecule has 104 valence electrons. The summed E-state index contributed by atoms with van der Waals surface area (Å²) in [6.45, 7) is 1.78. The molecule has 2 aromatic rings. The minimum absolute atomic E-state index is 0.0950. The summed E-state index contributed by atoms with van der Waals surface area (Å²) in [5.74, 6) is 0.862. The Bertz CT molecular complexity index is 631. The number of nitrogens with one attached hydrogen (secondary N) is 1. The van der Waals surface area contributed by atoms with Crippen LogP contribution in [0.3, 0.4) is 0 Å². The smallest absolute Gasteiger partial charge is 0.235 e. The fourth-order valence-corrected chi connectivity index (χ4v) is 2.71. The molecule has 2 heterocycles. The number of hydrogen-bond acceptors (Lipinski definition) is 3. The van der Waals surface area contributed by atoms with Crippen LogP contribution in [-0.2, 0) is 19.4 Å². The Morgan fingerprint density at radius 3 is 3.05 bits per heavy atom. The lowest BCUT2D eigenvalue weighted by atomic mass is 10.1. The maximum Gasteiger partial charge on any atom is 0.235 e. The quantitative estimate of drug-likeness (QED) is 0.928. The van der Waals surface area contributed by atoms with Crippen LogP contribution in [0, 0.1) is 0 Å². The Hall–Kier alpha value is -2.07. The highest BCUT2D eigenvalue weighted by Gasteiger charge is 2.18. The van der Waals surface area contributed by atoms with Crippen molar-refractivity contribution in [1.29, 1.82) is 0 Å². The van der Waals surface area contributed by atoms with E-state index in [4.69, 9.17) is 4.74 Å². The molecule has 0 fully saturated rings. The molecule has 0 saturated heterocycles. The number of aromatic nitrogens is 1. The van der Waals surface area contributed by atoms with Crippen LogP contribution in [0.25, 0.3) is 0 Å². The van der Waals surface area contributed by atoms with Gasteiger partial charge in [-0.15, -0.1) is 0 Å². The van der Waals surface area contributed by atoms with E-state index in [1.807, 2.05) is 36.5 Å². The van der Waals surface area contributed by atoms with Gasteiger partial charge in [-0.3, -0.25) is 9.36 Å². The Morgan fingerprint density at radius 1 is 1.35 bits per heavy atom. The van der Waals surface area contributed by atoms with Crippen LogP contribution in [-0.4, -0.2) is 24.1 Å². The van der Waals surface area contributed by atoms with Crippen LogP contribution in [0.1, 0.15) is 21.6 Å². The number of carbonyl (C=O) groups is 1. The highest BCUT2D eigenvalue weighted by molar-refractivity contribution is 5.83. The normalized spacial score (nSPS) is 13.8. The van der Waals surface area contributed by atoms with Gasteiger partial charge in [-0.05, 0) is 17.7 Å². The Morgan fingerprint density at radius 2 is 2.20 bits per heavy atom. The first-order valence-electron chi connectivity index (χ1n) is 6.84. The molecule has 4 heteroatoms. The van der Waals surface area contributed by atoms with Crippen molar-refractivity contribution in [2.75, 3.05) is 13.7 Å². The van der Waals surface area contributed by atoms with Crippen LogP contribution in [0.4, 0.5) is 0 Å². The average molecular weight is 270 g/mol. The molecule has 0 spiro atoms. The third-order valence-electron chi connectivity index (χ3n) is 3.74. The number of carbonyl (C=O) groups excluding carboxylic acids is 1. The van der Waals surface area contributed by atoms with Gasteiger partial charge in [-0.2, -0.15) is 0 Å². The van der Waals surface area contributed by atoms with Crippen LogP contribution in [0.2, 0.25) is 0 Å². The van der Waals surface area contributed by atoms with Crippen molar-refractivity contribution in [3.8, 4) is 5.75 Å². The van der Waals surface area contributed by atoms with Gasteiger partial charge in [0, 0.05) is 37.0 Å². The lowest BCUT2D eigenvalue weighted by molar-refractivity contribution is 0.0910. The molecule has 0 saturated carbocycles. The minimum Gasteiger partial charge on any atom is -0.496 e. The second-order valence-corrected chi connectivity index (χ2v) is 4.97. The minimum atomic E-state index is 0.0950. The number of fused-ring (bicyclic) bond motifs is 1. The van der Waals surface area contributed by atoms with Gasteiger partial charge in [0.15, 0.2) is 0 Å². The molecule has 3 rings (SSSR count). The van der Waals surface area contributed by atoms with Crippen LogP contribution >= 0.6 is 0 Å². The molecule has 1 aliphatic heterocycles. The predicted molar refractivity (Wildman–Crippen MR) is 77.2 cm³/mol. The third-order valence-corrected chi connectivity index (χ3v) is 3.74. The van der Waals surface area contributed by atoms with Crippen LogP contribution < -0.4 is 10.1 Å². The molecule has 0 bridgehead atoms. The SMILES string of the molecule is COc1ccccc1CC(=O)n1ccc2c1CCNC2. The second-order valence-electron chi connectivity index (χ2n) is 4.97. The van der Waals surface area contributed by atoms with Crippen molar-refractivity contribution in [2.45, 2.75) is 19.4 Å². The molecular weight excluding hydrogens is 252 g/mol. The summed E-state index contributed by atoms with van der Waals surface area (Å²) in [6, 6.07) is 9.70. The number of rotatable bonds is 3. The zero-order valence-corrected chi connectivity index (χ0v) is 11.6. The number of ether oxygens (including phenoxy) is 1. The largest absolute Gasteiger partial charge is 0.496 e. The average Bonchev–Trinajstić information content (AvgIpc) is 2.92. The third kappa shape index (κ3) is 2.34. The van der Waals surface area contributed by atoms with Crippen molar-refractivity contribution >= 4 is 5.91 Å². The van der Waals surface area contributed by atoms with E-state index < -0.39 is 0 Å². The highest BCUT2D eigenvalue weighted by Crippen LogP contribution is 2.20. The van der Waals surface area contributed by atoms with Gasteiger partial charge in [0.05, 0.1) is 13.5 Å². The maximum atomic E-state index is 12.5. The van der Waals surface area contributed by atoms with E-state index in [-0.39, 0.29) is 5.91 Å². The van der Waals surface area contributed by atoms with Crippen molar-refractivity contribution in [1.82, 2.24) is 9.88 Å². The van der Waals surface area contributed by atoms with Gasteiger partial charge in [0.25, 0.3) is 0 Å². The monoisotopic (exact) mass is 270 g/mol. The predicted octanol–water partition coefficient (Wildman–Crippen LogP) is 2.03. The van der Waals surface area contributed by atoms with Gasteiger partial charge in [-0.25, -0.2) is 0 Å². The number of hydrogen-bond donors (Lipinski definition) is 1. The molecule has 0 unspecified atom stereocenters. The summed E-state index contributed by atoms with van der Waals surface area (Å²) in [5.41, 5.74) is 3.30. The molecule has 20 heavy (non-hydrogen) atoms. The summed E-state index contributed by atoms with van der Waals surface area (Å²) in [4.78, 5) is 12.5. The van der Waals surface area contributed by atoms with E-state index >= 15 is 0 Å². The molecule has 1 N–H and O–H groups in total. The fraction of sp³-hybridized carbons (Fsp3) is 0.312. The van der Waals surface area contributed by atoms with Crippen molar-refractivity contribution in [3.63, 3.8) is 0 Å². The first-order valence-corrected chi connectivity index (χ1v) is 6.84. The topological polar surface area (TPSA) is 43.3 Å². The van der Waals surface area contributed by atoms with Crippen molar-refractivity contribution in [3.05, 3.63) is 53.3 Å². The molecule has 1 aliphatic rings. The lowest BCUT2D eigenvalue weighted by Crippen LogP contribution is -2.26. The van der Waals surface area contributed by atoms with E-state index in [0.717, 1.165) is 36.5 Å².